The van der Waals surface area contributed by atoms with E-state index in [0.29, 0.717) is 17.4 Å². The third-order valence-electron chi connectivity index (χ3n) is 7.24. The average molecular weight is 396 g/mol. The Morgan fingerprint density at radius 3 is 2.76 bits per heavy atom. The second kappa shape index (κ2) is 5.96. The molecule has 3 aliphatic rings. The summed E-state index contributed by atoms with van der Waals surface area (Å²) in [6, 6.07) is 5.85. The molecule has 0 unspecified atom stereocenters. The normalized spacial score (nSPS) is 37.6. The van der Waals surface area contributed by atoms with Gasteiger partial charge in [-0.25, -0.2) is 0 Å². The van der Waals surface area contributed by atoms with E-state index in [1.165, 1.54) is 6.08 Å². The minimum atomic E-state index is -1.77. The van der Waals surface area contributed by atoms with E-state index >= 15 is 0 Å². The van der Waals surface area contributed by atoms with Crippen LogP contribution in [-0.2, 0) is 9.53 Å². The van der Waals surface area contributed by atoms with Crippen molar-refractivity contribution in [1.82, 2.24) is 0 Å². The van der Waals surface area contributed by atoms with Gasteiger partial charge in [0.2, 0.25) is 5.78 Å². The number of aryl methyl sites for hydroxylation is 1. The minimum absolute atomic E-state index is 0.0705. The second-order valence-corrected chi connectivity index (χ2v) is 9.47. The molecule has 5 rings (SSSR count). The summed E-state index contributed by atoms with van der Waals surface area (Å²) in [6.45, 7) is 9.61. The molecule has 29 heavy (non-hydrogen) atoms. The number of hydrogen-bond acceptors (Lipinski definition) is 5. The second-order valence-electron chi connectivity index (χ2n) is 9.47. The number of furan rings is 1. The fourth-order valence-electron chi connectivity index (χ4n) is 5.82. The Bertz CT molecular complexity index is 1040. The number of ether oxygens (including phenoxy) is 2. The average Bonchev–Trinajstić information content (AvgIpc) is 3.21. The van der Waals surface area contributed by atoms with Crippen LogP contribution < -0.4 is 4.74 Å². The zero-order valence-corrected chi connectivity index (χ0v) is 17.6. The van der Waals surface area contributed by atoms with Gasteiger partial charge < -0.3 is 19.0 Å². The molecular formula is C24H28O5. The fraction of sp³-hybridized carbons (Fsp3) is 0.542. The van der Waals surface area contributed by atoms with Crippen LogP contribution >= 0.6 is 0 Å². The number of carbonyl (C=O) groups is 1. The first-order valence-corrected chi connectivity index (χ1v) is 10.5. The Morgan fingerprint density at radius 2 is 2.03 bits per heavy atom. The summed E-state index contributed by atoms with van der Waals surface area (Å²) in [5.41, 5.74) is 1.11. The molecule has 154 valence electrons. The van der Waals surface area contributed by atoms with Crippen molar-refractivity contribution in [2.75, 3.05) is 0 Å². The van der Waals surface area contributed by atoms with Gasteiger partial charge >= 0.3 is 5.79 Å². The molecular weight excluding hydrogens is 368 g/mol. The Labute approximate surface area is 170 Å². The van der Waals surface area contributed by atoms with Gasteiger partial charge in [-0.2, -0.15) is 0 Å². The van der Waals surface area contributed by atoms with Gasteiger partial charge in [0.1, 0.15) is 17.3 Å². The van der Waals surface area contributed by atoms with Crippen LogP contribution in [0.1, 0.15) is 58.0 Å². The molecule has 5 nitrogen and oxygen atoms in total. The van der Waals surface area contributed by atoms with E-state index in [1.54, 1.807) is 6.92 Å². The number of ketones is 1. The summed E-state index contributed by atoms with van der Waals surface area (Å²) in [7, 11) is 0. The van der Waals surface area contributed by atoms with E-state index in [-0.39, 0.29) is 17.6 Å². The van der Waals surface area contributed by atoms with Crippen molar-refractivity contribution in [3.05, 3.63) is 41.2 Å². The van der Waals surface area contributed by atoms with Gasteiger partial charge in [-0.3, -0.25) is 4.79 Å². The van der Waals surface area contributed by atoms with Crippen LogP contribution in [0.25, 0.3) is 11.0 Å². The molecule has 1 N–H and O–H groups in total. The molecule has 1 aromatic carbocycles. The predicted molar refractivity (Wildman–Crippen MR) is 109 cm³/mol. The number of hydrogen-bond donors (Lipinski definition) is 1. The van der Waals surface area contributed by atoms with Crippen molar-refractivity contribution in [3.8, 4) is 5.75 Å². The molecule has 0 spiro atoms. The summed E-state index contributed by atoms with van der Waals surface area (Å²) < 4.78 is 19.0. The minimum Gasteiger partial charge on any atom is -0.454 e. The van der Waals surface area contributed by atoms with Gasteiger partial charge in [-0.15, -0.1) is 0 Å². The van der Waals surface area contributed by atoms with E-state index in [4.69, 9.17) is 13.9 Å². The number of rotatable bonds is 2. The smallest absolute Gasteiger partial charge is 0.304 e. The SMILES string of the molecule is CC(C)=CC(=O)[C@]12Oc3c(oc4cccc(C)c34)[C@H](O1)[C@H]1[C@H](C)CC[C@H]1[C@@]2(C)O. The highest BCUT2D eigenvalue weighted by molar-refractivity contribution is 5.99. The lowest BCUT2D eigenvalue weighted by molar-refractivity contribution is -0.346. The first-order chi connectivity index (χ1) is 13.7. The lowest BCUT2D eigenvalue weighted by Crippen LogP contribution is -2.71. The highest BCUT2D eigenvalue weighted by Gasteiger charge is 2.71. The van der Waals surface area contributed by atoms with Crippen LogP contribution in [0.15, 0.2) is 34.3 Å². The Morgan fingerprint density at radius 1 is 1.28 bits per heavy atom. The van der Waals surface area contributed by atoms with Crippen molar-refractivity contribution in [2.45, 2.75) is 65.0 Å². The first kappa shape index (κ1) is 18.9. The number of aliphatic hydroxyl groups is 1. The molecule has 1 aromatic heterocycles. The lowest BCUT2D eigenvalue weighted by atomic mass is 9.67. The van der Waals surface area contributed by atoms with Crippen LogP contribution in [0.3, 0.4) is 0 Å². The van der Waals surface area contributed by atoms with Crippen molar-refractivity contribution in [1.29, 1.82) is 0 Å². The maximum atomic E-state index is 13.5. The summed E-state index contributed by atoms with van der Waals surface area (Å²) in [6.07, 6.45) is 2.92. The Hall–Kier alpha value is -2.11. The summed E-state index contributed by atoms with van der Waals surface area (Å²) in [4.78, 5) is 13.5. The molecule has 2 aromatic rings. The predicted octanol–water partition coefficient (Wildman–Crippen LogP) is 4.85. The van der Waals surface area contributed by atoms with E-state index in [9.17, 15) is 9.90 Å². The molecule has 2 bridgehead atoms. The first-order valence-electron chi connectivity index (χ1n) is 10.5. The van der Waals surface area contributed by atoms with Crippen LogP contribution in [0.2, 0.25) is 0 Å². The Balaban J connectivity index is 1.80. The van der Waals surface area contributed by atoms with Crippen molar-refractivity contribution in [2.24, 2.45) is 17.8 Å². The van der Waals surface area contributed by atoms with E-state index in [1.807, 2.05) is 39.0 Å². The molecule has 5 heteroatoms. The van der Waals surface area contributed by atoms with Gasteiger partial charge in [-0.1, -0.05) is 24.6 Å². The van der Waals surface area contributed by atoms with Gasteiger partial charge in [0, 0.05) is 11.8 Å². The van der Waals surface area contributed by atoms with Crippen LogP contribution in [0, 0.1) is 24.7 Å². The van der Waals surface area contributed by atoms with Gasteiger partial charge in [0.25, 0.3) is 0 Å². The zero-order chi connectivity index (χ0) is 20.7. The van der Waals surface area contributed by atoms with Crippen molar-refractivity contribution >= 4 is 16.8 Å². The molecule has 3 heterocycles. The summed E-state index contributed by atoms with van der Waals surface area (Å²) >= 11 is 0. The molecule has 0 amide bonds. The topological polar surface area (TPSA) is 68.9 Å². The van der Waals surface area contributed by atoms with Crippen molar-refractivity contribution in [3.63, 3.8) is 0 Å². The van der Waals surface area contributed by atoms with Crippen LogP contribution in [0.4, 0.5) is 0 Å². The number of fused-ring (bicyclic) bond motifs is 8. The zero-order valence-electron chi connectivity index (χ0n) is 17.6. The fourth-order valence-corrected chi connectivity index (χ4v) is 5.82. The summed E-state index contributed by atoms with van der Waals surface area (Å²) in [5, 5.41) is 12.6. The molecule has 6 atom stereocenters. The molecule has 2 aliphatic heterocycles. The maximum absolute atomic E-state index is 13.5. The standard InChI is InChI=1S/C24H28O5/c1-12(2)11-17(25)24-23(5,26)15-10-9-14(4)18(15)20(28-24)22-21(29-24)19-13(3)7-6-8-16(19)27-22/h6-8,11,14-15,18,20,26H,9-10H2,1-5H3/t14-,15-,18+,20-,23-,24-/m1/s1. The summed E-state index contributed by atoms with van der Waals surface area (Å²) in [5.74, 6) is -0.606. The maximum Gasteiger partial charge on any atom is 0.304 e. The third-order valence-corrected chi connectivity index (χ3v) is 7.24. The van der Waals surface area contributed by atoms with Gasteiger partial charge in [-0.05, 0) is 64.2 Å². The molecule has 0 radical (unpaired) electrons. The molecule has 1 aliphatic carbocycles. The van der Waals surface area contributed by atoms with Gasteiger partial charge in [0.15, 0.2) is 11.5 Å². The monoisotopic (exact) mass is 396 g/mol. The highest BCUT2D eigenvalue weighted by Crippen LogP contribution is 2.63. The third kappa shape index (κ3) is 2.32. The quantitative estimate of drug-likeness (QED) is 0.735. The lowest BCUT2D eigenvalue weighted by Gasteiger charge is -2.56. The van der Waals surface area contributed by atoms with Crippen LogP contribution in [-0.4, -0.2) is 22.3 Å². The van der Waals surface area contributed by atoms with Crippen LogP contribution in [0.5, 0.6) is 5.75 Å². The Kier molecular flexibility index (Phi) is 3.88. The number of allylic oxidation sites excluding steroid dienone is 1. The highest BCUT2D eigenvalue weighted by atomic mass is 16.7. The molecule has 1 saturated carbocycles. The number of benzene rings is 1. The number of carbonyl (C=O) groups excluding carboxylic acids is 1. The van der Waals surface area contributed by atoms with Gasteiger partial charge in [0.05, 0.1) is 5.39 Å². The van der Waals surface area contributed by atoms with E-state index in [0.717, 1.165) is 34.9 Å². The van der Waals surface area contributed by atoms with Crippen molar-refractivity contribution < 1.29 is 23.8 Å². The van der Waals surface area contributed by atoms with E-state index in [2.05, 4.69) is 6.92 Å². The molecule has 2 fully saturated rings. The van der Waals surface area contributed by atoms with E-state index < -0.39 is 17.5 Å². The molecule has 1 saturated heterocycles. The largest absolute Gasteiger partial charge is 0.454 e.